The Morgan fingerprint density at radius 1 is 1.29 bits per heavy atom. The number of amides is 3. The first-order valence-electron chi connectivity index (χ1n) is 6.76. The summed E-state index contributed by atoms with van der Waals surface area (Å²) in [4.78, 5) is 35.6. The number of benzene rings is 1. The van der Waals surface area contributed by atoms with Gasteiger partial charge in [-0.1, -0.05) is 0 Å². The zero-order valence-corrected chi connectivity index (χ0v) is 12.1. The number of carbonyl (C=O) groups is 3. The Bertz CT molecular complexity index is 607. The second-order valence-electron chi connectivity index (χ2n) is 5.08. The first-order valence-corrected chi connectivity index (χ1v) is 7.74. The van der Waals surface area contributed by atoms with Gasteiger partial charge in [0.1, 0.15) is 0 Å². The zero-order chi connectivity index (χ0) is 14.8. The van der Waals surface area contributed by atoms with E-state index >= 15 is 0 Å². The molecule has 1 aromatic rings. The van der Waals surface area contributed by atoms with Gasteiger partial charge in [0.2, 0.25) is 17.7 Å². The Morgan fingerprint density at radius 2 is 2.14 bits per heavy atom. The summed E-state index contributed by atoms with van der Waals surface area (Å²) >= 11 is 1.48. The molecule has 3 amide bonds. The van der Waals surface area contributed by atoms with E-state index in [1.54, 1.807) is 6.07 Å². The van der Waals surface area contributed by atoms with Gasteiger partial charge in [-0.2, -0.15) is 0 Å². The number of rotatable bonds is 2. The Hall–Kier alpha value is -2.02. The van der Waals surface area contributed by atoms with Crippen LogP contribution in [0, 0.1) is 5.92 Å². The van der Waals surface area contributed by atoms with Gasteiger partial charge >= 0.3 is 0 Å². The molecule has 6 nitrogen and oxygen atoms in total. The summed E-state index contributed by atoms with van der Waals surface area (Å²) in [5.74, 6) is 0.0616. The summed E-state index contributed by atoms with van der Waals surface area (Å²) < 4.78 is 0. The summed E-state index contributed by atoms with van der Waals surface area (Å²) in [6.45, 7) is 0.377. The highest BCUT2D eigenvalue weighted by atomic mass is 32.2. The van der Waals surface area contributed by atoms with Crippen LogP contribution in [-0.4, -0.2) is 30.0 Å². The fraction of sp³-hybridized carbons (Fsp3) is 0.357. The van der Waals surface area contributed by atoms with Gasteiger partial charge in [0.25, 0.3) is 0 Å². The standard InChI is InChI=1S/C14H15N3O3S/c18-12-4-1-8(6-15-12)14(20)16-9-2-3-11-10(5-9)17-13(19)7-21-11/h2-3,5,8H,1,4,6-7H2,(H,15,18)(H,16,20)(H,17,19). The van der Waals surface area contributed by atoms with E-state index in [1.165, 1.54) is 11.8 Å². The fourth-order valence-corrected chi connectivity index (χ4v) is 3.15. The minimum absolute atomic E-state index is 0.00688. The minimum Gasteiger partial charge on any atom is -0.355 e. The van der Waals surface area contributed by atoms with Gasteiger partial charge in [-0.25, -0.2) is 0 Å². The molecule has 2 heterocycles. The predicted molar refractivity (Wildman–Crippen MR) is 80.2 cm³/mol. The van der Waals surface area contributed by atoms with Crippen LogP contribution in [-0.2, 0) is 14.4 Å². The number of hydrogen-bond acceptors (Lipinski definition) is 4. The number of fused-ring (bicyclic) bond motifs is 1. The van der Waals surface area contributed by atoms with Crippen molar-refractivity contribution in [1.82, 2.24) is 5.32 Å². The van der Waals surface area contributed by atoms with Crippen LogP contribution in [0.25, 0.3) is 0 Å². The fourth-order valence-electron chi connectivity index (χ4n) is 2.36. The number of nitrogens with one attached hydrogen (secondary N) is 3. The maximum atomic E-state index is 12.2. The van der Waals surface area contributed by atoms with E-state index < -0.39 is 0 Å². The molecule has 110 valence electrons. The van der Waals surface area contributed by atoms with E-state index in [9.17, 15) is 14.4 Å². The molecule has 0 aromatic heterocycles. The largest absolute Gasteiger partial charge is 0.355 e. The SMILES string of the molecule is O=C1CCC(C(=O)Nc2ccc3c(c2)NC(=O)CS3)CN1. The topological polar surface area (TPSA) is 87.3 Å². The lowest BCUT2D eigenvalue weighted by Gasteiger charge is -2.22. The maximum absolute atomic E-state index is 12.2. The van der Waals surface area contributed by atoms with Gasteiger partial charge in [0.15, 0.2) is 0 Å². The Labute approximate surface area is 126 Å². The highest BCUT2D eigenvalue weighted by Gasteiger charge is 2.24. The molecule has 21 heavy (non-hydrogen) atoms. The molecule has 0 saturated carbocycles. The molecule has 1 aromatic carbocycles. The van der Waals surface area contributed by atoms with Gasteiger partial charge in [-0.05, 0) is 24.6 Å². The molecule has 2 aliphatic rings. The van der Waals surface area contributed by atoms with Crippen LogP contribution in [0.1, 0.15) is 12.8 Å². The third-order valence-electron chi connectivity index (χ3n) is 3.52. The first-order chi connectivity index (χ1) is 10.1. The third kappa shape index (κ3) is 3.18. The van der Waals surface area contributed by atoms with Crippen LogP contribution in [0.4, 0.5) is 11.4 Å². The van der Waals surface area contributed by atoms with Crippen molar-refractivity contribution < 1.29 is 14.4 Å². The minimum atomic E-state index is -0.206. The summed E-state index contributed by atoms with van der Waals surface area (Å²) in [6, 6.07) is 5.47. The second-order valence-corrected chi connectivity index (χ2v) is 6.09. The van der Waals surface area contributed by atoms with Crippen molar-refractivity contribution in [1.29, 1.82) is 0 Å². The average Bonchev–Trinajstić information content (AvgIpc) is 2.47. The van der Waals surface area contributed by atoms with Gasteiger partial charge < -0.3 is 16.0 Å². The molecule has 1 atom stereocenters. The number of thioether (sulfide) groups is 1. The van der Waals surface area contributed by atoms with Crippen molar-refractivity contribution >= 4 is 40.9 Å². The van der Waals surface area contributed by atoms with Gasteiger partial charge in [-0.15, -0.1) is 11.8 Å². The molecule has 0 spiro atoms. The summed E-state index contributed by atoms with van der Waals surface area (Å²) in [6.07, 6.45) is 0.949. The van der Waals surface area contributed by atoms with Gasteiger partial charge in [0.05, 0.1) is 17.4 Å². The van der Waals surface area contributed by atoms with Gasteiger partial charge in [-0.3, -0.25) is 14.4 Å². The second kappa shape index (κ2) is 5.77. The molecular formula is C14H15N3O3S. The van der Waals surface area contributed by atoms with Crippen LogP contribution in [0.15, 0.2) is 23.1 Å². The van der Waals surface area contributed by atoms with Crippen molar-refractivity contribution in [2.45, 2.75) is 17.7 Å². The molecule has 0 bridgehead atoms. The Balaban J connectivity index is 1.67. The Kier molecular flexibility index (Phi) is 3.83. The number of carbonyl (C=O) groups excluding carboxylic acids is 3. The smallest absolute Gasteiger partial charge is 0.234 e. The normalized spacial score (nSPS) is 21.0. The molecule has 0 aliphatic carbocycles. The number of piperidine rings is 1. The molecule has 2 aliphatic heterocycles. The van der Waals surface area contributed by atoms with Crippen molar-refractivity contribution in [2.24, 2.45) is 5.92 Å². The lowest BCUT2D eigenvalue weighted by atomic mass is 9.98. The molecular weight excluding hydrogens is 290 g/mol. The molecule has 3 N–H and O–H groups in total. The van der Waals surface area contributed by atoms with E-state index in [2.05, 4.69) is 16.0 Å². The van der Waals surface area contributed by atoms with Crippen molar-refractivity contribution in [3.63, 3.8) is 0 Å². The predicted octanol–water partition coefficient (Wildman–Crippen LogP) is 1.20. The summed E-state index contributed by atoms with van der Waals surface area (Å²) in [5.41, 5.74) is 1.38. The molecule has 7 heteroatoms. The molecule has 3 rings (SSSR count). The monoisotopic (exact) mass is 305 g/mol. The van der Waals surface area contributed by atoms with Crippen LogP contribution in [0.3, 0.4) is 0 Å². The summed E-state index contributed by atoms with van der Waals surface area (Å²) in [7, 11) is 0. The Morgan fingerprint density at radius 3 is 2.90 bits per heavy atom. The quantitative estimate of drug-likeness (QED) is 0.766. The highest BCUT2D eigenvalue weighted by Crippen LogP contribution is 2.33. The van der Waals surface area contributed by atoms with Crippen LogP contribution >= 0.6 is 11.8 Å². The number of hydrogen-bond donors (Lipinski definition) is 3. The third-order valence-corrected chi connectivity index (χ3v) is 4.59. The maximum Gasteiger partial charge on any atom is 0.234 e. The average molecular weight is 305 g/mol. The highest BCUT2D eigenvalue weighted by molar-refractivity contribution is 8.00. The van der Waals surface area contributed by atoms with E-state index in [0.29, 0.717) is 30.8 Å². The van der Waals surface area contributed by atoms with Crippen molar-refractivity contribution in [2.75, 3.05) is 22.9 Å². The van der Waals surface area contributed by atoms with E-state index in [4.69, 9.17) is 0 Å². The van der Waals surface area contributed by atoms with Crippen LogP contribution in [0.2, 0.25) is 0 Å². The van der Waals surface area contributed by atoms with Crippen molar-refractivity contribution in [3.05, 3.63) is 18.2 Å². The molecule has 1 unspecified atom stereocenters. The zero-order valence-electron chi connectivity index (χ0n) is 11.3. The van der Waals surface area contributed by atoms with E-state index in [0.717, 1.165) is 10.6 Å². The lowest BCUT2D eigenvalue weighted by molar-refractivity contribution is -0.126. The number of anilines is 2. The van der Waals surface area contributed by atoms with Crippen molar-refractivity contribution in [3.8, 4) is 0 Å². The van der Waals surface area contributed by atoms with E-state index in [-0.39, 0.29) is 23.6 Å². The van der Waals surface area contributed by atoms with Crippen LogP contribution in [0.5, 0.6) is 0 Å². The lowest BCUT2D eigenvalue weighted by Crippen LogP contribution is -2.40. The van der Waals surface area contributed by atoms with E-state index in [1.807, 2.05) is 12.1 Å². The van der Waals surface area contributed by atoms with Crippen LogP contribution < -0.4 is 16.0 Å². The molecule has 0 radical (unpaired) electrons. The first kappa shape index (κ1) is 13.9. The molecule has 1 fully saturated rings. The van der Waals surface area contributed by atoms with Gasteiger partial charge in [0, 0.05) is 23.5 Å². The molecule has 1 saturated heterocycles. The summed E-state index contributed by atoms with van der Waals surface area (Å²) in [5, 5.41) is 8.33.